The Morgan fingerprint density at radius 3 is 2.68 bits per heavy atom. The quantitative estimate of drug-likeness (QED) is 0.735. The van der Waals surface area contributed by atoms with Crippen LogP contribution in [0, 0.1) is 0 Å². The molecule has 100 valence electrons. The van der Waals surface area contributed by atoms with Gasteiger partial charge in [-0.2, -0.15) is 0 Å². The number of rotatable bonds is 6. The number of hydrogen-bond acceptors (Lipinski definition) is 2. The van der Waals surface area contributed by atoms with Gasteiger partial charge in [0.1, 0.15) is 0 Å². The Bertz CT molecular complexity index is 493. The van der Waals surface area contributed by atoms with Crippen molar-refractivity contribution in [2.75, 3.05) is 0 Å². The van der Waals surface area contributed by atoms with Crippen LogP contribution in [0.2, 0.25) is 0 Å². The molecule has 0 saturated heterocycles. The van der Waals surface area contributed by atoms with Crippen LogP contribution >= 0.6 is 0 Å². The molecule has 0 radical (unpaired) electrons. The van der Waals surface area contributed by atoms with Crippen LogP contribution in [0.4, 0.5) is 0 Å². The summed E-state index contributed by atoms with van der Waals surface area (Å²) in [5.41, 5.74) is 8.13. The van der Waals surface area contributed by atoms with Gasteiger partial charge in [-0.3, -0.25) is 4.79 Å². The normalized spacial score (nSPS) is 12.1. The number of carbonyl (C=O) groups excluding carboxylic acids is 1. The maximum absolute atomic E-state index is 11.8. The molecule has 19 heavy (non-hydrogen) atoms. The zero-order valence-electron chi connectivity index (χ0n) is 10.8. The molecule has 4 N–H and O–H groups in total. The van der Waals surface area contributed by atoms with Crippen LogP contribution in [-0.2, 0) is 17.8 Å². The molecule has 4 nitrogen and oxygen atoms in total. The number of nitrogens with one attached hydrogen (secondary N) is 2. The molecule has 2 rings (SSSR count). The first-order valence-electron chi connectivity index (χ1n) is 6.44. The summed E-state index contributed by atoms with van der Waals surface area (Å²) in [6.45, 7) is 0.515. The largest absolute Gasteiger partial charge is 0.367 e. The van der Waals surface area contributed by atoms with Crippen molar-refractivity contribution in [1.82, 2.24) is 10.3 Å². The van der Waals surface area contributed by atoms with Crippen molar-refractivity contribution in [2.45, 2.75) is 25.4 Å². The maximum Gasteiger partial charge on any atom is 0.237 e. The lowest BCUT2D eigenvalue weighted by atomic mass is 10.1. The number of carbonyl (C=O) groups is 1. The molecule has 1 amide bonds. The Kier molecular flexibility index (Phi) is 4.75. The van der Waals surface area contributed by atoms with Crippen molar-refractivity contribution in [3.63, 3.8) is 0 Å². The summed E-state index contributed by atoms with van der Waals surface area (Å²) in [7, 11) is 0. The monoisotopic (exact) mass is 257 g/mol. The molecule has 2 aromatic rings. The first-order chi connectivity index (χ1) is 9.25. The number of hydrogen-bond donors (Lipinski definition) is 3. The average Bonchev–Trinajstić information content (AvgIpc) is 2.96. The lowest BCUT2D eigenvalue weighted by Crippen LogP contribution is -2.40. The van der Waals surface area contributed by atoms with Crippen LogP contribution in [0.25, 0.3) is 0 Å². The molecule has 1 atom stereocenters. The van der Waals surface area contributed by atoms with Gasteiger partial charge in [0.25, 0.3) is 0 Å². The highest BCUT2D eigenvalue weighted by Crippen LogP contribution is 2.04. The summed E-state index contributed by atoms with van der Waals surface area (Å²) in [5.74, 6) is -0.0999. The number of aromatic nitrogens is 1. The molecule has 1 unspecified atom stereocenters. The smallest absolute Gasteiger partial charge is 0.237 e. The summed E-state index contributed by atoms with van der Waals surface area (Å²) in [5, 5.41) is 2.84. The van der Waals surface area contributed by atoms with E-state index in [1.807, 2.05) is 48.8 Å². The fourth-order valence-corrected chi connectivity index (χ4v) is 1.89. The van der Waals surface area contributed by atoms with E-state index in [9.17, 15) is 4.79 Å². The minimum absolute atomic E-state index is 0.0999. The third kappa shape index (κ3) is 4.26. The van der Waals surface area contributed by atoms with Crippen LogP contribution < -0.4 is 11.1 Å². The van der Waals surface area contributed by atoms with Gasteiger partial charge >= 0.3 is 0 Å². The van der Waals surface area contributed by atoms with Gasteiger partial charge in [-0.25, -0.2) is 0 Å². The Balaban J connectivity index is 1.73. The highest BCUT2D eigenvalue weighted by molar-refractivity contribution is 5.81. The molecule has 0 aliphatic carbocycles. The molecule has 1 aromatic heterocycles. The molecular formula is C15H19N3O. The van der Waals surface area contributed by atoms with Crippen molar-refractivity contribution in [1.29, 1.82) is 0 Å². The molecule has 1 aromatic carbocycles. The Labute approximate surface area is 113 Å². The molecule has 0 saturated carbocycles. The molecule has 4 heteroatoms. The first-order valence-corrected chi connectivity index (χ1v) is 6.44. The van der Waals surface area contributed by atoms with E-state index >= 15 is 0 Å². The molecule has 0 aliphatic rings. The minimum Gasteiger partial charge on any atom is -0.367 e. The van der Waals surface area contributed by atoms with E-state index in [0.717, 1.165) is 12.0 Å². The second-order valence-corrected chi connectivity index (χ2v) is 4.57. The van der Waals surface area contributed by atoms with Crippen LogP contribution in [0.15, 0.2) is 48.8 Å². The summed E-state index contributed by atoms with van der Waals surface area (Å²) in [6.07, 6.45) is 5.16. The van der Waals surface area contributed by atoms with E-state index in [0.29, 0.717) is 13.0 Å². The second kappa shape index (κ2) is 6.75. The van der Waals surface area contributed by atoms with Crippen LogP contribution in [0.3, 0.4) is 0 Å². The zero-order chi connectivity index (χ0) is 13.5. The summed E-state index contributed by atoms with van der Waals surface area (Å²) < 4.78 is 0. The fraction of sp³-hybridized carbons (Fsp3) is 0.267. The van der Waals surface area contributed by atoms with Crippen molar-refractivity contribution in [3.05, 3.63) is 59.9 Å². The molecule has 0 bridgehead atoms. The van der Waals surface area contributed by atoms with E-state index in [4.69, 9.17) is 5.73 Å². The second-order valence-electron chi connectivity index (χ2n) is 4.57. The predicted octanol–water partition coefficient (Wildman–Crippen LogP) is 1.59. The van der Waals surface area contributed by atoms with E-state index < -0.39 is 6.04 Å². The van der Waals surface area contributed by atoms with Crippen LogP contribution in [0.1, 0.15) is 17.5 Å². The SMILES string of the molecule is NC(CCc1ccccc1)C(=O)NCc1cc[nH]c1. The van der Waals surface area contributed by atoms with Gasteiger partial charge in [0.05, 0.1) is 6.04 Å². The standard InChI is InChI=1S/C15H19N3O/c16-14(7-6-12-4-2-1-3-5-12)15(19)18-11-13-8-9-17-10-13/h1-5,8-10,14,17H,6-7,11,16H2,(H,18,19). The van der Waals surface area contributed by atoms with Gasteiger partial charge in [0.2, 0.25) is 5.91 Å². The maximum atomic E-state index is 11.8. The number of nitrogens with two attached hydrogens (primary N) is 1. The number of H-pyrrole nitrogens is 1. The summed E-state index contributed by atoms with van der Waals surface area (Å²) in [6, 6.07) is 11.5. The van der Waals surface area contributed by atoms with Gasteiger partial charge in [-0.1, -0.05) is 30.3 Å². The minimum atomic E-state index is -0.459. The first kappa shape index (κ1) is 13.4. The molecule has 1 heterocycles. The van der Waals surface area contributed by atoms with E-state index in [1.54, 1.807) is 0 Å². The predicted molar refractivity (Wildman–Crippen MR) is 75.4 cm³/mol. The average molecular weight is 257 g/mol. The highest BCUT2D eigenvalue weighted by atomic mass is 16.2. The van der Waals surface area contributed by atoms with Gasteiger partial charge in [0.15, 0.2) is 0 Å². The molecule has 0 fully saturated rings. The van der Waals surface area contributed by atoms with E-state index in [1.165, 1.54) is 5.56 Å². The van der Waals surface area contributed by atoms with Crippen molar-refractivity contribution in [3.8, 4) is 0 Å². The number of amides is 1. The number of aryl methyl sites for hydroxylation is 1. The Morgan fingerprint density at radius 2 is 2.00 bits per heavy atom. The van der Waals surface area contributed by atoms with E-state index in [2.05, 4.69) is 10.3 Å². The van der Waals surface area contributed by atoms with Gasteiger partial charge in [-0.15, -0.1) is 0 Å². The van der Waals surface area contributed by atoms with Crippen molar-refractivity contribution < 1.29 is 4.79 Å². The Morgan fingerprint density at radius 1 is 1.21 bits per heavy atom. The van der Waals surface area contributed by atoms with E-state index in [-0.39, 0.29) is 5.91 Å². The van der Waals surface area contributed by atoms with Gasteiger partial charge in [-0.05, 0) is 30.0 Å². The van der Waals surface area contributed by atoms with Crippen LogP contribution in [0.5, 0.6) is 0 Å². The topological polar surface area (TPSA) is 70.9 Å². The zero-order valence-corrected chi connectivity index (χ0v) is 10.8. The molecule has 0 spiro atoms. The third-order valence-electron chi connectivity index (χ3n) is 3.05. The highest BCUT2D eigenvalue weighted by Gasteiger charge is 2.12. The Hall–Kier alpha value is -2.07. The molecular weight excluding hydrogens is 238 g/mol. The van der Waals surface area contributed by atoms with Gasteiger partial charge in [0, 0.05) is 18.9 Å². The number of benzene rings is 1. The summed E-state index contributed by atoms with van der Waals surface area (Å²) in [4.78, 5) is 14.8. The van der Waals surface area contributed by atoms with Crippen molar-refractivity contribution >= 4 is 5.91 Å². The third-order valence-corrected chi connectivity index (χ3v) is 3.05. The number of aromatic amines is 1. The van der Waals surface area contributed by atoms with Crippen LogP contribution in [-0.4, -0.2) is 16.9 Å². The van der Waals surface area contributed by atoms with Gasteiger partial charge < -0.3 is 16.0 Å². The van der Waals surface area contributed by atoms with Crippen molar-refractivity contribution in [2.24, 2.45) is 5.73 Å². The lowest BCUT2D eigenvalue weighted by molar-refractivity contribution is -0.122. The lowest BCUT2D eigenvalue weighted by Gasteiger charge is -2.11. The molecule has 0 aliphatic heterocycles. The summed E-state index contributed by atoms with van der Waals surface area (Å²) >= 11 is 0. The fourth-order valence-electron chi connectivity index (χ4n) is 1.89.